The summed E-state index contributed by atoms with van der Waals surface area (Å²) in [6.45, 7) is -2.13. The number of hydrogen-bond acceptors (Lipinski definition) is 12. The smallest absolute Gasteiger partial charge is 0.111 e. The van der Waals surface area contributed by atoms with Crippen molar-refractivity contribution in [1.29, 1.82) is 0 Å². The van der Waals surface area contributed by atoms with E-state index in [9.17, 15) is 40.9 Å². The van der Waals surface area contributed by atoms with Crippen LogP contribution in [0.15, 0.2) is 0 Å². The lowest BCUT2D eigenvalue weighted by Crippen LogP contribution is -2.55. The van der Waals surface area contributed by atoms with Crippen LogP contribution < -0.4 is 5.73 Å². The Morgan fingerprint density at radius 2 is 0.933 bits per heavy atom. The van der Waals surface area contributed by atoms with Gasteiger partial charge in [-0.25, -0.2) is 0 Å². The molecule has 0 saturated heterocycles. The third kappa shape index (κ3) is 7.89. The zero-order chi connectivity index (χ0) is 23.0. The van der Waals surface area contributed by atoms with Crippen molar-refractivity contribution in [3.63, 3.8) is 0 Å². The summed E-state index contributed by atoms with van der Waals surface area (Å²) < 4.78 is 0. The topological polar surface area (TPSA) is 232 Å². The van der Waals surface area contributed by atoms with Gasteiger partial charge in [0.1, 0.15) is 36.6 Å². The van der Waals surface area contributed by atoms with Gasteiger partial charge in [-0.3, -0.25) is 4.90 Å². The fraction of sp³-hybridized carbons (Fsp3) is 1.00. The van der Waals surface area contributed by atoms with Crippen molar-refractivity contribution in [3.05, 3.63) is 0 Å². The third-order valence-electron chi connectivity index (χ3n) is 5.75. The molecule has 180 valence electrons. The van der Waals surface area contributed by atoms with Gasteiger partial charge in [0, 0.05) is 25.2 Å². The van der Waals surface area contributed by atoms with Crippen LogP contribution in [0, 0.1) is 0 Å². The maximum Gasteiger partial charge on any atom is 0.111 e. The SMILES string of the molecule is NC1CCC(N(CC(O)C(O)C(O)C(O)CO)C[C@H](O)[C@@H](O)[C@H](O)[C@H](O)CO)CC1. The Bertz CT molecular complexity index is 438. The summed E-state index contributed by atoms with van der Waals surface area (Å²) in [5.41, 5.74) is 5.91. The Hall–Kier alpha value is -0.480. The van der Waals surface area contributed by atoms with E-state index in [-0.39, 0.29) is 25.2 Å². The predicted octanol–water partition coefficient (Wildman–Crippen LogP) is -5.57. The van der Waals surface area contributed by atoms with Crippen molar-refractivity contribution < 1.29 is 51.1 Å². The molecule has 12 N–H and O–H groups in total. The number of aliphatic hydroxyl groups is 10. The Kier molecular flexibility index (Phi) is 12.1. The fourth-order valence-electron chi connectivity index (χ4n) is 3.66. The lowest BCUT2D eigenvalue weighted by Gasteiger charge is -2.40. The summed E-state index contributed by atoms with van der Waals surface area (Å²) >= 11 is 0. The van der Waals surface area contributed by atoms with Gasteiger partial charge in [0.2, 0.25) is 0 Å². The van der Waals surface area contributed by atoms with Gasteiger partial charge in [-0.2, -0.15) is 0 Å². The van der Waals surface area contributed by atoms with Gasteiger partial charge in [-0.1, -0.05) is 0 Å². The molecule has 0 aromatic carbocycles. The van der Waals surface area contributed by atoms with E-state index < -0.39 is 62.0 Å². The van der Waals surface area contributed by atoms with E-state index in [1.54, 1.807) is 4.90 Å². The van der Waals surface area contributed by atoms with Crippen molar-refractivity contribution >= 4 is 0 Å². The highest BCUT2D eigenvalue weighted by Gasteiger charge is 2.36. The molecular formula is C18H38N2O10. The number of aliphatic hydroxyl groups excluding tert-OH is 10. The molecule has 0 amide bonds. The molecule has 30 heavy (non-hydrogen) atoms. The van der Waals surface area contributed by atoms with Gasteiger partial charge in [0.05, 0.1) is 25.4 Å². The summed E-state index contributed by atoms with van der Waals surface area (Å²) in [6.07, 6.45) is -11.0. The standard InChI is InChI=1S/C18H38N2O10/c19-9-1-3-10(4-2-9)20(5-11(23)15(27)17(29)13(25)7-21)6-12(24)16(28)18(30)14(26)8-22/h9-18,21-30H,1-8,19H2/t9?,10?,11-,12?,13+,14?,15+,16?,17+,18?/m0/s1. The number of rotatable bonds is 13. The first-order valence-corrected chi connectivity index (χ1v) is 10.2. The molecule has 1 rings (SSSR count). The second-order valence-electron chi connectivity index (χ2n) is 8.12. The van der Waals surface area contributed by atoms with Crippen LogP contribution in [0.4, 0.5) is 0 Å². The summed E-state index contributed by atoms with van der Waals surface area (Å²) in [5.74, 6) is 0. The first kappa shape index (κ1) is 27.6. The van der Waals surface area contributed by atoms with E-state index in [0.29, 0.717) is 25.7 Å². The second kappa shape index (κ2) is 13.2. The van der Waals surface area contributed by atoms with Gasteiger partial charge < -0.3 is 56.8 Å². The second-order valence-corrected chi connectivity index (χ2v) is 8.12. The van der Waals surface area contributed by atoms with Crippen molar-refractivity contribution in [2.45, 2.75) is 86.6 Å². The number of hydrogen-bond donors (Lipinski definition) is 11. The summed E-state index contributed by atoms with van der Waals surface area (Å²) in [5, 5.41) is 97.2. The molecule has 1 fully saturated rings. The van der Waals surface area contributed by atoms with Crippen LogP contribution in [0.3, 0.4) is 0 Å². The monoisotopic (exact) mass is 442 g/mol. The van der Waals surface area contributed by atoms with E-state index in [1.807, 2.05) is 0 Å². The van der Waals surface area contributed by atoms with Crippen LogP contribution in [-0.2, 0) is 0 Å². The lowest BCUT2D eigenvalue weighted by molar-refractivity contribution is -0.134. The maximum atomic E-state index is 10.3. The maximum absolute atomic E-state index is 10.3. The molecule has 1 saturated carbocycles. The number of nitrogens with zero attached hydrogens (tertiary/aromatic N) is 1. The Morgan fingerprint density at radius 1 is 0.600 bits per heavy atom. The van der Waals surface area contributed by atoms with E-state index in [0.717, 1.165) is 0 Å². The number of nitrogens with two attached hydrogens (primary N) is 1. The zero-order valence-electron chi connectivity index (χ0n) is 16.9. The van der Waals surface area contributed by atoms with Crippen molar-refractivity contribution in [3.8, 4) is 0 Å². The van der Waals surface area contributed by atoms with E-state index in [4.69, 9.17) is 15.9 Å². The highest BCUT2D eigenvalue weighted by atomic mass is 16.4. The highest BCUT2D eigenvalue weighted by molar-refractivity contribution is 4.90. The van der Waals surface area contributed by atoms with E-state index in [2.05, 4.69) is 0 Å². The summed E-state index contributed by atoms with van der Waals surface area (Å²) in [7, 11) is 0. The minimum Gasteiger partial charge on any atom is -0.394 e. The molecule has 0 bridgehead atoms. The molecule has 12 heteroatoms. The quantitative estimate of drug-likeness (QED) is 0.128. The molecule has 1 aliphatic carbocycles. The molecule has 0 aliphatic heterocycles. The zero-order valence-corrected chi connectivity index (χ0v) is 16.9. The van der Waals surface area contributed by atoms with Crippen LogP contribution in [0.2, 0.25) is 0 Å². The van der Waals surface area contributed by atoms with Crippen LogP contribution in [0.5, 0.6) is 0 Å². The van der Waals surface area contributed by atoms with Crippen molar-refractivity contribution in [2.24, 2.45) is 5.73 Å². The lowest BCUT2D eigenvalue weighted by atomic mass is 9.89. The Labute approximate surface area is 175 Å². The summed E-state index contributed by atoms with van der Waals surface area (Å²) in [4.78, 5) is 1.57. The molecule has 0 aromatic rings. The Balaban J connectivity index is 2.86. The van der Waals surface area contributed by atoms with Crippen LogP contribution in [0.25, 0.3) is 0 Å². The minimum absolute atomic E-state index is 0.0113. The van der Waals surface area contributed by atoms with Gasteiger partial charge in [-0.05, 0) is 25.7 Å². The average molecular weight is 443 g/mol. The molecule has 4 unspecified atom stereocenters. The largest absolute Gasteiger partial charge is 0.394 e. The van der Waals surface area contributed by atoms with E-state index >= 15 is 0 Å². The molecule has 12 nitrogen and oxygen atoms in total. The van der Waals surface area contributed by atoms with Crippen molar-refractivity contribution in [1.82, 2.24) is 4.90 Å². The van der Waals surface area contributed by atoms with Crippen LogP contribution in [0.1, 0.15) is 25.7 Å². The molecule has 0 heterocycles. The first-order chi connectivity index (χ1) is 14.0. The Morgan fingerprint density at radius 3 is 1.27 bits per heavy atom. The van der Waals surface area contributed by atoms with Crippen molar-refractivity contribution in [2.75, 3.05) is 26.3 Å². The van der Waals surface area contributed by atoms with Gasteiger partial charge in [0.25, 0.3) is 0 Å². The third-order valence-corrected chi connectivity index (χ3v) is 5.75. The molecule has 0 radical (unpaired) electrons. The fourth-order valence-corrected chi connectivity index (χ4v) is 3.66. The van der Waals surface area contributed by atoms with Crippen LogP contribution >= 0.6 is 0 Å². The molecule has 0 spiro atoms. The van der Waals surface area contributed by atoms with Crippen LogP contribution in [-0.4, -0.2) is 143 Å². The molecule has 8 atom stereocenters. The minimum atomic E-state index is -1.80. The molecule has 1 aliphatic rings. The highest BCUT2D eigenvalue weighted by Crippen LogP contribution is 2.24. The molecule has 0 aromatic heterocycles. The summed E-state index contributed by atoms with van der Waals surface area (Å²) in [6, 6.07) is -0.175. The van der Waals surface area contributed by atoms with Gasteiger partial charge in [-0.15, -0.1) is 0 Å². The average Bonchev–Trinajstić information content (AvgIpc) is 2.75. The van der Waals surface area contributed by atoms with Gasteiger partial charge in [0.15, 0.2) is 0 Å². The first-order valence-electron chi connectivity index (χ1n) is 10.2. The van der Waals surface area contributed by atoms with E-state index in [1.165, 1.54) is 0 Å². The van der Waals surface area contributed by atoms with Gasteiger partial charge >= 0.3 is 0 Å². The molecular weight excluding hydrogens is 404 g/mol. The predicted molar refractivity (Wildman–Crippen MR) is 104 cm³/mol. The normalized spacial score (nSPS) is 28.4.